The molecule has 38 heavy (non-hydrogen) atoms. The van der Waals surface area contributed by atoms with Crippen molar-refractivity contribution < 1.29 is 0 Å². The second-order valence-corrected chi connectivity index (χ2v) is 10.2. The van der Waals surface area contributed by atoms with Gasteiger partial charge in [-0.25, -0.2) is 0 Å². The van der Waals surface area contributed by atoms with Gasteiger partial charge in [-0.1, -0.05) is 144 Å². The molecule has 5 rings (SSSR count). The molecule has 0 amide bonds. The largest absolute Gasteiger partial charge is 0.0614 e. The van der Waals surface area contributed by atoms with Crippen LogP contribution in [0.2, 0.25) is 0 Å². The molecule has 0 fully saturated rings. The van der Waals surface area contributed by atoms with Gasteiger partial charge in [0.05, 0.1) is 0 Å². The molecule has 0 atom stereocenters. The summed E-state index contributed by atoms with van der Waals surface area (Å²) < 4.78 is 0. The molecule has 0 aliphatic heterocycles. The zero-order valence-electron chi connectivity index (χ0n) is 22.7. The Morgan fingerprint density at radius 3 is 1.45 bits per heavy atom. The van der Waals surface area contributed by atoms with Crippen LogP contribution in [-0.4, -0.2) is 0 Å². The highest BCUT2D eigenvalue weighted by molar-refractivity contribution is 5.85. The first-order chi connectivity index (χ1) is 18.4. The van der Waals surface area contributed by atoms with E-state index < -0.39 is 0 Å². The van der Waals surface area contributed by atoms with Crippen LogP contribution in [0.1, 0.15) is 44.5 Å². The maximum atomic E-state index is 2.33. The van der Waals surface area contributed by atoms with Gasteiger partial charge in [0.1, 0.15) is 0 Å². The molecule has 0 nitrogen and oxygen atoms in total. The molecule has 0 aliphatic rings. The van der Waals surface area contributed by atoms with E-state index in [4.69, 9.17) is 0 Å². The van der Waals surface area contributed by atoms with Crippen molar-refractivity contribution in [2.75, 3.05) is 0 Å². The Kier molecular flexibility index (Phi) is 7.52. The predicted octanol–water partition coefficient (Wildman–Crippen LogP) is 10.6. The molecule has 0 aliphatic carbocycles. The van der Waals surface area contributed by atoms with Crippen LogP contribution < -0.4 is 0 Å². The molecule has 0 saturated heterocycles. The van der Waals surface area contributed by atoms with Gasteiger partial charge >= 0.3 is 0 Å². The average Bonchev–Trinajstić information content (AvgIpc) is 2.92. The zero-order chi connectivity index (χ0) is 26.5. The third-order valence-corrected chi connectivity index (χ3v) is 7.01. The minimum absolute atomic E-state index is 1.21. The number of hydrogen-bond acceptors (Lipinski definition) is 0. The highest BCUT2D eigenvalue weighted by Crippen LogP contribution is 2.32. The lowest BCUT2D eigenvalue weighted by Crippen LogP contribution is -1.90. The molecule has 0 aromatic heterocycles. The Labute approximate surface area is 227 Å². The van der Waals surface area contributed by atoms with E-state index in [2.05, 4.69) is 161 Å². The van der Waals surface area contributed by atoms with Crippen LogP contribution in [0.4, 0.5) is 0 Å². The topological polar surface area (TPSA) is 0 Å². The third-order valence-electron chi connectivity index (χ3n) is 7.01. The molecule has 0 heterocycles. The number of benzene rings is 5. The lowest BCUT2D eigenvalue weighted by Gasteiger charge is -2.13. The van der Waals surface area contributed by atoms with Crippen molar-refractivity contribution in [2.45, 2.75) is 27.7 Å². The van der Waals surface area contributed by atoms with E-state index in [1.54, 1.807) is 0 Å². The standard InChI is InChI=1S/C38H34/c1-27-11-15-33(16-12-27)34-19-21-35(22-20-34)38-26-36(17-13-31-9-5-7-28(2)23-31)30(4)25-37(38)18-14-32-10-6-8-29(3)24-32/h5-26H,1-4H3. The van der Waals surface area contributed by atoms with Crippen molar-refractivity contribution >= 4 is 24.3 Å². The van der Waals surface area contributed by atoms with Crippen molar-refractivity contribution in [1.82, 2.24) is 0 Å². The van der Waals surface area contributed by atoms with Crippen LogP contribution in [0.25, 0.3) is 46.6 Å². The molecule has 0 bridgehead atoms. The molecule has 0 saturated carbocycles. The van der Waals surface area contributed by atoms with Gasteiger partial charge in [-0.15, -0.1) is 0 Å². The molecule has 0 unspecified atom stereocenters. The van der Waals surface area contributed by atoms with Crippen LogP contribution in [0.15, 0.2) is 109 Å². The van der Waals surface area contributed by atoms with E-state index in [1.165, 1.54) is 66.8 Å². The maximum Gasteiger partial charge on any atom is -0.0105 e. The van der Waals surface area contributed by atoms with Crippen molar-refractivity contribution in [3.05, 3.63) is 154 Å². The highest BCUT2D eigenvalue weighted by Gasteiger charge is 2.08. The summed E-state index contributed by atoms with van der Waals surface area (Å²) in [4.78, 5) is 0. The fourth-order valence-corrected chi connectivity index (χ4v) is 4.82. The lowest BCUT2D eigenvalue weighted by atomic mass is 9.92. The van der Waals surface area contributed by atoms with Gasteiger partial charge in [-0.2, -0.15) is 0 Å². The Bertz CT molecular complexity index is 1610. The van der Waals surface area contributed by atoms with E-state index in [-0.39, 0.29) is 0 Å². The number of rotatable bonds is 6. The third kappa shape index (κ3) is 6.10. The lowest BCUT2D eigenvalue weighted by molar-refractivity contribution is 1.42. The molecule has 0 spiro atoms. The van der Waals surface area contributed by atoms with Gasteiger partial charge in [0.2, 0.25) is 0 Å². The van der Waals surface area contributed by atoms with Crippen molar-refractivity contribution in [3.8, 4) is 22.3 Å². The normalized spacial score (nSPS) is 11.5. The van der Waals surface area contributed by atoms with Crippen LogP contribution in [0.5, 0.6) is 0 Å². The summed E-state index contributed by atoms with van der Waals surface area (Å²) in [7, 11) is 0. The first kappa shape index (κ1) is 25.2. The molecule has 5 aromatic rings. The van der Waals surface area contributed by atoms with Crippen LogP contribution in [0, 0.1) is 27.7 Å². The minimum atomic E-state index is 1.21. The molecular formula is C38H34. The van der Waals surface area contributed by atoms with E-state index in [9.17, 15) is 0 Å². The Morgan fingerprint density at radius 2 is 0.895 bits per heavy atom. The van der Waals surface area contributed by atoms with Crippen molar-refractivity contribution in [1.29, 1.82) is 0 Å². The summed E-state index contributed by atoms with van der Waals surface area (Å²) in [5.41, 5.74) is 14.9. The second-order valence-electron chi connectivity index (χ2n) is 10.2. The Balaban J connectivity index is 1.55. The van der Waals surface area contributed by atoms with E-state index in [0.717, 1.165) is 0 Å². The first-order valence-corrected chi connectivity index (χ1v) is 13.3. The Morgan fingerprint density at radius 1 is 0.395 bits per heavy atom. The smallest absolute Gasteiger partial charge is 0.0105 e. The van der Waals surface area contributed by atoms with Gasteiger partial charge in [0.25, 0.3) is 0 Å². The monoisotopic (exact) mass is 490 g/mol. The first-order valence-electron chi connectivity index (χ1n) is 13.3. The van der Waals surface area contributed by atoms with E-state index >= 15 is 0 Å². The molecule has 0 radical (unpaired) electrons. The number of aryl methyl sites for hydroxylation is 4. The quantitative estimate of drug-likeness (QED) is 0.208. The van der Waals surface area contributed by atoms with Gasteiger partial charge in [0.15, 0.2) is 0 Å². The van der Waals surface area contributed by atoms with Gasteiger partial charge in [-0.3, -0.25) is 0 Å². The second kappa shape index (κ2) is 11.3. The van der Waals surface area contributed by atoms with Gasteiger partial charge < -0.3 is 0 Å². The fraction of sp³-hybridized carbons (Fsp3) is 0.105. The highest BCUT2D eigenvalue weighted by atomic mass is 14.1. The van der Waals surface area contributed by atoms with Gasteiger partial charge in [0, 0.05) is 0 Å². The number of hydrogen-bond donors (Lipinski definition) is 0. The molecule has 0 heteroatoms. The summed E-state index contributed by atoms with van der Waals surface area (Å²) in [6.45, 7) is 8.60. The van der Waals surface area contributed by atoms with Crippen molar-refractivity contribution in [2.24, 2.45) is 0 Å². The van der Waals surface area contributed by atoms with Crippen LogP contribution >= 0.6 is 0 Å². The summed E-state index contributed by atoms with van der Waals surface area (Å²) >= 11 is 0. The maximum absolute atomic E-state index is 2.33. The molecule has 186 valence electrons. The summed E-state index contributed by atoms with van der Waals surface area (Å²) in [6.07, 6.45) is 8.91. The molecule has 5 aromatic carbocycles. The average molecular weight is 491 g/mol. The minimum Gasteiger partial charge on any atom is -0.0614 e. The molecule has 0 N–H and O–H groups in total. The van der Waals surface area contributed by atoms with E-state index in [0.29, 0.717) is 0 Å². The zero-order valence-corrected chi connectivity index (χ0v) is 22.7. The SMILES string of the molecule is Cc1ccc(-c2ccc(-c3cc(C=Cc4cccc(C)c4)c(C)cc3C=Cc3cccc(C)c3)cc2)cc1. The van der Waals surface area contributed by atoms with Gasteiger partial charge in [-0.05, 0) is 83.8 Å². The summed E-state index contributed by atoms with van der Waals surface area (Å²) in [6, 6.07) is 39.6. The predicted molar refractivity (Wildman–Crippen MR) is 167 cm³/mol. The van der Waals surface area contributed by atoms with Crippen LogP contribution in [0.3, 0.4) is 0 Å². The molecular weight excluding hydrogens is 456 g/mol. The fourth-order valence-electron chi connectivity index (χ4n) is 4.82. The van der Waals surface area contributed by atoms with E-state index in [1.807, 2.05) is 0 Å². The Hall–Kier alpha value is -4.42. The van der Waals surface area contributed by atoms with Crippen LogP contribution in [-0.2, 0) is 0 Å². The van der Waals surface area contributed by atoms with Crippen molar-refractivity contribution in [3.63, 3.8) is 0 Å². The summed E-state index contributed by atoms with van der Waals surface area (Å²) in [5, 5.41) is 0. The summed E-state index contributed by atoms with van der Waals surface area (Å²) in [5.74, 6) is 0.